The number of thiophene rings is 1. The lowest BCUT2D eigenvalue weighted by Crippen LogP contribution is -2.28. The molecule has 3 heterocycles. The Balaban J connectivity index is 1.26. The van der Waals surface area contributed by atoms with Crippen LogP contribution in [-0.2, 0) is 11.3 Å². The summed E-state index contributed by atoms with van der Waals surface area (Å²) in [6.07, 6.45) is 0.591. The summed E-state index contributed by atoms with van der Waals surface area (Å²) in [7, 11) is 1.62. The number of hydrazone groups is 1. The van der Waals surface area contributed by atoms with Crippen LogP contribution in [-0.4, -0.2) is 50.2 Å². The largest absolute Gasteiger partial charge is 0.497 e. The van der Waals surface area contributed by atoms with Gasteiger partial charge in [-0.1, -0.05) is 54.2 Å². The number of aromatic nitrogens is 3. The van der Waals surface area contributed by atoms with Crippen LogP contribution >= 0.6 is 23.1 Å². The first kappa shape index (κ1) is 31.2. The highest BCUT2D eigenvalue weighted by molar-refractivity contribution is 7.99. The van der Waals surface area contributed by atoms with Gasteiger partial charge >= 0.3 is 0 Å². The van der Waals surface area contributed by atoms with Crippen molar-refractivity contribution in [1.82, 2.24) is 25.1 Å². The normalized spacial score (nSPS) is 14.3. The summed E-state index contributed by atoms with van der Waals surface area (Å²) in [5, 5.41) is 20.4. The molecule has 1 aliphatic heterocycles. The number of methoxy groups -OCH3 is 1. The van der Waals surface area contributed by atoms with Crippen molar-refractivity contribution in [2.45, 2.75) is 38.0 Å². The highest BCUT2D eigenvalue weighted by atomic mass is 32.2. The molecule has 2 aromatic heterocycles. The number of nitrogens with one attached hydrogen (secondary N) is 1. The summed E-state index contributed by atoms with van der Waals surface area (Å²) >= 11 is 2.84. The second kappa shape index (κ2) is 13.7. The van der Waals surface area contributed by atoms with Crippen LogP contribution in [0.25, 0.3) is 5.69 Å². The number of rotatable bonds is 10. The molecule has 0 fully saturated rings. The topological polar surface area (TPSA) is 102 Å². The maximum Gasteiger partial charge on any atom is 0.254 e. The fraction of sp³-hybridized carbons (Fsp3) is 0.206. The van der Waals surface area contributed by atoms with E-state index in [2.05, 4.69) is 15.5 Å². The molecule has 234 valence electrons. The minimum absolute atomic E-state index is 0.00217. The molecule has 1 N–H and O–H groups in total. The molecule has 0 aliphatic carbocycles. The van der Waals surface area contributed by atoms with Gasteiger partial charge in [-0.25, -0.2) is 9.40 Å². The number of carbonyl (C=O) groups excluding carboxylic acids is 2. The second-order valence-electron chi connectivity index (χ2n) is 10.7. The van der Waals surface area contributed by atoms with E-state index >= 15 is 0 Å². The Hall–Kier alpha value is -4.81. The van der Waals surface area contributed by atoms with Gasteiger partial charge in [0.2, 0.25) is 0 Å². The van der Waals surface area contributed by atoms with Gasteiger partial charge in [-0.15, -0.1) is 21.5 Å². The van der Waals surface area contributed by atoms with Crippen LogP contribution < -0.4 is 10.1 Å². The van der Waals surface area contributed by atoms with Crippen LogP contribution in [0, 0.1) is 19.7 Å². The zero-order valence-electron chi connectivity index (χ0n) is 25.4. The smallest absolute Gasteiger partial charge is 0.254 e. The molecule has 2 amide bonds. The van der Waals surface area contributed by atoms with Crippen LogP contribution in [0.5, 0.6) is 5.75 Å². The number of hydrogen-bond donors (Lipinski definition) is 1. The minimum Gasteiger partial charge on any atom is -0.497 e. The van der Waals surface area contributed by atoms with Gasteiger partial charge in [0.25, 0.3) is 11.8 Å². The fourth-order valence-electron chi connectivity index (χ4n) is 5.24. The zero-order valence-corrected chi connectivity index (χ0v) is 27.1. The summed E-state index contributed by atoms with van der Waals surface area (Å²) in [6.45, 7) is 4.01. The molecule has 12 heteroatoms. The lowest BCUT2D eigenvalue weighted by molar-refractivity contribution is -0.130. The van der Waals surface area contributed by atoms with Crippen LogP contribution in [0.2, 0.25) is 0 Å². The Kier molecular flexibility index (Phi) is 9.27. The van der Waals surface area contributed by atoms with Crippen molar-refractivity contribution >= 4 is 40.6 Å². The van der Waals surface area contributed by atoms with Gasteiger partial charge in [0.1, 0.15) is 11.6 Å². The van der Waals surface area contributed by atoms with E-state index in [-0.39, 0.29) is 29.8 Å². The number of carbonyl (C=O) groups is 2. The predicted molar refractivity (Wildman–Crippen MR) is 177 cm³/mol. The van der Waals surface area contributed by atoms with Crippen LogP contribution in [0.15, 0.2) is 94.5 Å². The maximum absolute atomic E-state index is 14.2. The van der Waals surface area contributed by atoms with Gasteiger partial charge in [0.05, 0.1) is 47.3 Å². The number of nitrogens with zero attached hydrogens (tertiary/aromatic N) is 5. The Labute approximate surface area is 274 Å². The monoisotopic (exact) mass is 654 g/mol. The molecule has 0 spiro atoms. The third-order valence-electron chi connectivity index (χ3n) is 7.84. The lowest BCUT2D eigenvalue weighted by atomic mass is 10.0. The molecule has 1 unspecified atom stereocenters. The van der Waals surface area contributed by atoms with Crippen LogP contribution in [0.1, 0.15) is 50.2 Å². The number of halogens is 1. The van der Waals surface area contributed by atoms with Crippen molar-refractivity contribution in [2.24, 2.45) is 5.10 Å². The Morgan fingerprint density at radius 2 is 1.83 bits per heavy atom. The van der Waals surface area contributed by atoms with Gasteiger partial charge < -0.3 is 10.1 Å². The molecule has 0 saturated carbocycles. The Morgan fingerprint density at radius 1 is 1.02 bits per heavy atom. The first-order valence-electron chi connectivity index (χ1n) is 14.6. The summed E-state index contributed by atoms with van der Waals surface area (Å²) < 4.78 is 21.4. The number of benzene rings is 3. The van der Waals surface area contributed by atoms with E-state index in [1.807, 2.05) is 78.4 Å². The number of thioether (sulfide) groups is 1. The molecule has 46 heavy (non-hydrogen) atoms. The van der Waals surface area contributed by atoms with Gasteiger partial charge in [0, 0.05) is 6.42 Å². The van der Waals surface area contributed by atoms with Crippen molar-refractivity contribution in [3.05, 3.63) is 123 Å². The van der Waals surface area contributed by atoms with E-state index < -0.39 is 11.7 Å². The summed E-state index contributed by atoms with van der Waals surface area (Å²) in [4.78, 5) is 27.7. The molecule has 3 aromatic carbocycles. The van der Waals surface area contributed by atoms with E-state index in [1.54, 1.807) is 29.5 Å². The third kappa shape index (κ3) is 6.44. The van der Waals surface area contributed by atoms with Crippen LogP contribution in [0.3, 0.4) is 0 Å². The van der Waals surface area contributed by atoms with E-state index in [9.17, 15) is 14.0 Å². The van der Waals surface area contributed by atoms with Crippen molar-refractivity contribution in [2.75, 3.05) is 12.9 Å². The molecule has 0 saturated heterocycles. The fourth-order valence-corrected chi connectivity index (χ4v) is 6.78. The first-order chi connectivity index (χ1) is 22.3. The van der Waals surface area contributed by atoms with Gasteiger partial charge in [-0.05, 0) is 72.3 Å². The average molecular weight is 655 g/mol. The first-order valence-corrected chi connectivity index (χ1v) is 16.4. The van der Waals surface area contributed by atoms with Gasteiger partial charge in [-0.3, -0.25) is 14.2 Å². The number of hydrogen-bond acceptors (Lipinski definition) is 8. The molecular weight excluding hydrogens is 624 g/mol. The van der Waals surface area contributed by atoms with Gasteiger partial charge in [-0.2, -0.15) is 5.10 Å². The maximum atomic E-state index is 14.2. The average Bonchev–Trinajstić information content (AvgIpc) is 3.84. The predicted octanol–water partition coefficient (Wildman–Crippen LogP) is 6.49. The molecule has 5 aromatic rings. The number of amides is 2. The standard InChI is InChI=1S/C34H31FN6O3S2/c1-21-8-6-11-28(22(21)2)40-31(19-36-33(43)25-9-4-5-10-26(25)35)37-38-34(40)46-20-32(42)41-29(23-13-15-24(44-3)16-14-23)18-27(39-41)30-12-7-17-45-30/h4-17,29H,18-20H2,1-3H3,(H,36,43). The van der Waals surface area contributed by atoms with Crippen LogP contribution in [0.4, 0.5) is 4.39 Å². The summed E-state index contributed by atoms with van der Waals surface area (Å²) in [5.41, 5.74) is 4.66. The Morgan fingerprint density at radius 3 is 2.57 bits per heavy atom. The van der Waals surface area contributed by atoms with E-state index in [1.165, 1.54) is 30.0 Å². The lowest BCUT2D eigenvalue weighted by Gasteiger charge is -2.22. The molecule has 6 rings (SSSR count). The number of aryl methyl sites for hydroxylation is 1. The molecule has 0 radical (unpaired) electrons. The van der Waals surface area contributed by atoms with Crippen molar-refractivity contribution in [1.29, 1.82) is 0 Å². The van der Waals surface area contributed by atoms with Crippen molar-refractivity contribution in [3.63, 3.8) is 0 Å². The van der Waals surface area contributed by atoms with Crippen molar-refractivity contribution in [3.8, 4) is 11.4 Å². The molecule has 9 nitrogen and oxygen atoms in total. The number of ether oxygens (including phenoxy) is 1. The third-order valence-corrected chi connectivity index (χ3v) is 9.67. The minimum atomic E-state index is -0.606. The van der Waals surface area contributed by atoms with Gasteiger partial charge in [0.15, 0.2) is 11.0 Å². The molecule has 0 bridgehead atoms. The van der Waals surface area contributed by atoms with Crippen molar-refractivity contribution < 1.29 is 18.7 Å². The molecular formula is C34H31FN6O3S2. The summed E-state index contributed by atoms with van der Waals surface area (Å²) in [6, 6.07) is 23.1. The quantitative estimate of drug-likeness (QED) is 0.173. The molecule has 1 aliphatic rings. The highest BCUT2D eigenvalue weighted by Gasteiger charge is 2.34. The molecule has 1 atom stereocenters. The SMILES string of the molecule is COc1ccc(C2CC(c3cccs3)=NN2C(=O)CSc2nnc(CNC(=O)c3ccccc3F)n2-c2cccc(C)c2C)cc1. The van der Waals surface area contributed by atoms with E-state index in [0.29, 0.717) is 17.4 Å². The summed E-state index contributed by atoms with van der Waals surface area (Å²) in [5.74, 6) is -0.105. The van der Waals surface area contributed by atoms with E-state index in [4.69, 9.17) is 9.84 Å². The second-order valence-corrected chi connectivity index (χ2v) is 12.6. The highest BCUT2D eigenvalue weighted by Crippen LogP contribution is 2.35. The van der Waals surface area contributed by atoms with E-state index in [0.717, 1.165) is 38.7 Å². The Bertz CT molecular complexity index is 1910. The zero-order chi connectivity index (χ0) is 32.2.